The van der Waals surface area contributed by atoms with Crippen molar-refractivity contribution < 1.29 is 19.4 Å². The van der Waals surface area contributed by atoms with Crippen LogP contribution >= 0.6 is 0 Å². The number of aliphatic hydroxyl groups is 1. The van der Waals surface area contributed by atoms with Crippen molar-refractivity contribution in [2.75, 3.05) is 19.8 Å². The lowest BCUT2D eigenvalue weighted by Crippen LogP contribution is -2.57. The number of nitrogens with zero attached hydrogens (tertiary/aromatic N) is 1. The molecule has 2 bridgehead atoms. The van der Waals surface area contributed by atoms with Crippen molar-refractivity contribution in [3.05, 3.63) is 70.8 Å². The normalized spacial score (nSPS) is 25.1. The topological polar surface area (TPSA) is 90.9 Å². The molecule has 2 saturated heterocycles. The molecule has 0 aromatic heterocycles. The highest BCUT2D eigenvalue weighted by Crippen LogP contribution is 2.29. The Labute approximate surface area is 194 Å². The fourth-order valence-corrected chi connectivity index (χ4v) is 5.27. The first-order valence-electron chi connectivity index (χ1n) is 11.9. The van der Waals surface area contributed by atoms with Crippen LogP contribution in [-0.4, -0.2) is 65.8 Å². The molecule has 3 aliphatic heterocycles. The number of hydrogen-bond donors (Lipinski definition) is 3. The monoisotopic (exact) mass is 449 g/mol. The minimum atomic E-state index is -0.691. The number of aliphatic hydroxyl groups excluding tert-OH is 1. The van der Waals surface area contributed by atoms with E-state index in [1.165, 1.54) is 11.1 Å². The van der Waals surface area contributed by atoms with Gasteiger partial charge in [0.2, 0.25) is 0 Å². The lowest BCUT2D eigenvalue weighted by atomic mass is 9.93. The summed E-state index contributed by atoms with van der Waals surface area (Å²) in [6, 6.07) is 15.2. The zero-order valence-electron chi connectivity index (χ0n) is 18.7. The van der Waals surface area contributed by atoms with Crippen LogP contribution in [0.3, 0.4) is 0 Å². The number of nitrogens with one attached hydrogen (secondary N) is 2. The second-order valence-corrected chi connectivity index (χ2v) is 9.30. The third-order valence-corrected chi connectivity index (χ3v) is 7.16. The summed E-state index contributed by atoms with van der Waals surface area (Å²) in [5, 5.41) is 16.8. The van der Waals surface area contributed by atoms with Gasteiger partial charge in [-0.05, 0) is 61.1 Å². The van der Waals surface area contributed by atoms with Crippen molar-refractivity contribution in [3.8, 4) is 0 Å². The van der Waals surface area contributed by atoms with Gasteiger partial charge in [0.25, 0.3) is 11.8 Å². The maximum Gasteiger partial charge on any atom is 0.254 e. The lowest BCUT2D eigenvalue weighted by molar-refractivity contribution is -0.0565. The van der Waals surface area contributed by atoms with Crippen LogP contribution in [0.1, 0.15) is 51.1 Å². The fraction of sp³-hybridized carbons (Fsp3) is 0.462. The second kappa shape index (κ2) is 9.63. The molecule has 2 amide bonds. The Morgan fingerprint density at radius 3 is 2.42 bits per heavy atom. The summed E-state index contributed by atoms with van der Waals surface area (Å²) in [6.07, 6.45) is 3.13. The summed E-state index contributed by atoms with van der Waals surface area (Å²) in [5.74, 6) is -0.244. The first-order chi connectivity index (χ1) is 16.1. The van der Waals surface area contributed by atoms with E-state index in [1.807, 2.05) is 17.0 Å². The van der Waals surface area contributed by atoms with E-state index < -0.39 is 6.10 Å². The average molecular weight is 450 g/mol. The van der Waals surface area contributed by atoms with Crippen LogP contribution < -0.4 is 10.6 Å². The average Bonchev–Trinajstić information content (AvgIpc) is 2.86. The molecule has 174 valence electrons. The van der Waals surface area contributed by atoms with E-state index in [1.54, 1.807) is 24.3 Å². The summed E-state index contributed by atoms with van der Waals surface area (Å²) < 4.78 is 5.64. The van der Waals surface area contributed by atoms with Gasteiger partial charge < -0.3 is 25.4 Å². The van der Waals surface area contributed by atoms with Crippen molar-refractivity contribution in [2.24, 2.45) is 0 Å². The minimum Gasteiger partial charge on any atom is -0.390 e. The van der Waals surface area contributed by atoms with Gasteiger partial charge in [-0.25, -0.2) is 0 Å². The largest absolute Gasteiger partial charge is 0.390 e. The molecule has 3 aliphatic rings. The van der Waals surface area contributed by atoms with Crippen LogP contribution in [0.2, 0.25) is 0 Å². The highest BCUT2D eigenvalue weighted by molar-refractivity contribution is 5.98. The Balaban J connectivity index is 1.16. The van der Waals surface area contributed by atoms with Gasteiger partial charge in [0.15, 0.2) is 0 Å². The van der Waals surface area contributed by atoms with Crippen molar-refractivity contribution in [3.63, 3.8) is 0 Å². The predicted molar refractivity (Wildman–Crippen MR) is 124 cm³/mol. The van der Waals surface area contributed by atoms with Gasteiger partial charge in [0.1, 0.15) is 0 Å². The Morgan fingerprint density at radius 1 is 1.03 bits per heavy atom. The summed E-state index contributed by atoms with van der Waals surface area (Å²) in [7, 11) is 0. The Hall–Kier alpha value is -2.74. The molecule has 5 rings (SSSR count). The van der Waals surface area contributed by atoms with Gasteiger partial charge >= 0.3 is 0 Å². The van der Waals surface area contributed by atoms with Crippen LogP contribution in [-0.2, 0) is 17.7 Å². The molecule has 2 aromatic carbocycles. The van der Waals surface area contributed by atoms with Crippen LogP contribution in [0.5, 0.6) is 0 Å². The SMILES string of the molecule is O=C(NCC(O)C1Cc2ccccc2CN1)c1ccc(C(=O)N2C3CCCC2COC3)cc1. The molecule has 4 unspecified atom stereocenters. The molecule has 33 heavy (non-hydrogen) atoms. The van der Waals surface area contributed by atoms with Crippen molar-refractivity contribution in [1.82, 2.24) is 15.5 Å². The van der Waals surface area contributed by atoms with Gasteiger partial charge in [-0.3, -0.25) is 9.59 Å². The van der Waals surface area contributed by atoms with Crippen molar-refractivity contribution in [2.45, 2.75) is 56.5 Å². The molecular formula is C26H31N3O4. The van der Waals surface area contributed by atoms with E-state index in [0.717, 1.165) is 25.7 Å². The molecule has 3 N–H and O–H groups in total. The number of amides is 2. The zero-order valence-corrected chi connectivity index (χ0v) is 18.7. The molecule has 3 heterocycles. The van der Waals surface area contributed by atoms with Gasteiger partial charge in [-0.2, -0.15) is 0 Å². The molecular weight excluding hydrogens is 418 g/mol. The van der Waals surface area contributed by atoms with E-state index >= 15 is 0 Å². The number of morpholine rings is 1. The first kappa shape index (κ1) is 22.1. The number of hydrogen-bond acceptors (Lipinski definition) is 5. The number of carbonyl (C=O) groups is 2. The smallest absolute Gasteiger partial charge is 0.254 e. The van der Waals surface area contributed by atoms with Crippen LogP contribution in [0, 0.1) is 0 Å². The van der Waals surface area contributed by atoms with E-state index in [9.17, 15) is 14.7 Å². The van der Waals surface area contributed by atoms with E-state index in [4.69, 9.17) is 4.74 Å². The van der Waals surface area contributed by atoms with E-state index in [2.05, 4.69) is 22.8 Å². The highest BCUT2D eigenvalue weighted by Gasteiger charge is 2.38. The summed E-state index contributed by atoms with van der Waals surface area (Å²) >= 11 is 0. The fourth-order valence-electron chi connectivity index (χ4n) is 5.27. The number of carbonyl (C=O) groups excluding carboxylic acids is 2. The summed E-state index contributed by atoms with van der Waals surface area (Å²) in [6.45, 7) is 2.08. The molecule has 2 fully saturated rings. The Kier molecular flexibility index (Phi) is 6.44. The van der Waals surface area contributed by atoms with Crippen LogP contribution in [0.25, 0.3) is 0 Å². The van der Waals surface area contributed by atoms with Crippen LogP contribution in [0.4, 0.5) is 0 Å². The maximum atomic E-state index is 13.1. The maximum absolute atomic E-state index is 13.1. The van der Waals surface area contributed by atoms with Crippen LogP contribution in [0.15, 0.2) is 48.5 Å². The standard InChI is InChI=1S/C26H31N3O4/c30-24(23-12-19-4-1-2-5-20(19)13-27-23)14-28-25(31)17-8-10-18(11-9-17)26(32)29-21-6-3-7-22(29)16-33-15-21/h1-2,4-5,8-11,21-24,27,30H,3,6-7,12-16H2,(H,28,31). The third-order valence-electron chi connectivity index (χ3n) is 7.16. The quantitative estimate of drug-likeness (QED) is 0.649. The zero-order chi connectivity index (χ0) is 22.8. The molecule has 7 heteroatoms. The first-order valence-corrected chi connectivity index (χ1v) is 11.9. The number of benzene rings is 2. The second-order valence-electron chi connectivity index (χ2n) is 9.30. The van der Waals surface area contributed by atoms with E-state index in [0.29, 0.717) is 30.9 Å². The number of ether oxygens (including phenoxy) is 1. The number of rotatable bonds is 5. The third kappa shape index (κ3) is 4.67. The Bertz CT molecular complexity index is 987. The van der Waals surface area contributed by atoms with Gasteiger partial charge in [-0.1, -0.05) is 24.3 Å². The molecule has 0 aliphatic carbocycles. The number of fused-ring (bicyclic) bond motifs is 3. The molecule has 0 spiro atoms. The van der Waals surface area contributed by atoms with Gasteiger partial charge in [0.05, 0.1) is 31.4 Å². The molecule has 0 saturated carbocycles. The van der Waals surface area contributed by atoms with Gasteiger partial charge in [0, 0.05) is 30.3 Å². The summed E-state index contributed by atoms with van der Waals surface area (Å²) in [4.78, 5) is 27.7. The Morgan fingerprint density at radius 2 is 1.70 bits per heavy atom. The molecule has 7 nitrogen and oxygen atoms in total. The lowest BCUT2D eigenvalue weighted by Gasteiger charge is -2.45. The van der Waals surface area contributed by atoms with E-state index in [-0.39, 0.29) is 36.5 Å². The van der Waals surface area contributed by atoms with Gasteiger partial charge in [-0.15, -0.1) is 0 Å². The van der Waals surface area contributed by atoms with Crippen molar-refractivity contribution in [1.29, 1.82) is 0 Å². The number of piperidine rings is 1. The highest BCUT2D eigenvalue weighted by atomic mass is 16.5. The molecule has 4 atom stereocenters. The molecule has 2 aromatic rings. The van der Waals surface area contributed by atoms with Crippen molar-refractivity contribution >= 4 is 11.8 Å². The predicted octanol–water partition coefficient (Wildman–Crippen LogP) is 1.89. The minimum absolute atomic E-state index is 0.0130. The summed E-state index contributed by atoms with van der Waals surface area (Å²) in [5.41, 5.74) is 3.55. The molecule has 0 radical (unpaired) electrons.